The molecule has 2 N–H and O–H groups in total. The van der Waals surface area contributed by atoms with Crippen molar-refractivity contribution in [2.75, 3.05) is 6.54 Å². The highest BCUT2D eigenvalue weighted by molar-refractivity contribution is 7.13. The summed E-state index contributed by atoms with van der Waals surface area (Å²) in [4.78, 5) is 16.9. The number of piperidine rings is 1. The van der Waals surface area contributed by atoms with E-state index >= 15 is 0 Å². The molecule has 2 unspecified atom stereocenters. The molecule has 0 radical (unpaired) electrons. The summed E-state index contributed by atoms with van der Waals surface area (Å²) < 4.78 is 0. The number of amides is 1. The lowest BCUT2D eigenvalue weighted by Gasteiger charge is -2.28. The third-order valence-corrected chi connectivity index (χ3v) is 5.43. The van der Waals surface area contributed by atoms with Crippen molar-refractivity contribution in [2.45, 2.75) is 51.6 Å². The van der Waals surface area contributed by atoms with Gasteiger partial charge < -0.3 is 10.6 Å². The monoisotopic (exact) mass is 343 g/mol. The van der Waals surface area contributed by atoms with E-state index in [4.69, 9.17) is 0 Å². The molecule has 1 fully saturated rings. The lowest BCUT2D eigenvalue weighted by atomic mass is 10.0. The van der Waals surface area contributed by atoms with Gasteiger partial charge in [-0.25, -0.2) is 4.98 Å². The van der Waals surface area contributed by atoms with Crippen LogP contribution in [-0.2, 0) is 17.6 Å². The summed E-state index contributed by atoms with van der Waals surface area (Å²) in [7, 11) is 0. The molecule has 1 saturated heterocycles. The molecule has 0 saturated carbocycles. The summed E-state index contributed by atoms with van der Waals surface area (Å²) in [6.07, 6.45) is 3.40. The zero-order chi connectivity index (χ0) is 16.9. The third-order valence-electron chi connectivity index (χ3n) is 4.49. The molecule has 128 valence electrons. The maximum Gasteiger partial charge on any atom is 0.226 e. The number of nitrogens with one attached hydrogen (secondary N) is 2. The predicted molar refractivity (Wildman–Crippen MR) is 99.3 cm³/mol. The molecule has 3 rings (SSSR count). The molecule has 4 nitrogen and oxygen atoms in total. The Morgan fingerprint density at radius 1 is 1.38 bits per heavy atom. The molecule has 0 aliphatic carbocycles. The number of benzene rings is 1. The fourth-order valence-electron chi connectivity index (χ4n) is 3.11. The normalized spacial score (nSPS) is 20.8. The Morgan fingerprint density at radius 2 is 2.17 bits per heavy atom. The molecular weight excluding hydrogens is 318 g/mol. The maximum atomic E-state index is 12.2. The molecule has 1 aliphatic rings. The van der Waals surface area contributed by atoms with Crippen molar-refractivity contribution in [3.05, 3.63) is 40.9 Å². The van der Waals surface area contributed by atoms with E-state index in [2.05, 4.69) is 53.7 Å². The summed E-state index contributed by atoms with van der Waals surface area (Å²) in [6, 6.07) is 9.26. The number of carbonyl (C=O) groups is 1. The maximum absolute atomic E-state index is 12.2. The number of aromatic nitrogens is 1. The minimum atomic E-state index is 0.0762. The highest BCUT2D eigenvalue weighted by atomic mass is 32.1. The van der Waals surface area contributed by atoms with E-state index in [9.17, 15) is 4.79 Å². The summed E-state index contributed by atoms with van der Waals surface area (Å²) >= 11 is 1.60. The third kappa shape index (κ3) is 4.42. The van der Waals surface area contributed by atoms with Crippen LogP contribution in [0.2, 0.25) is 0 Å². The first-order valence-electron chi connectivity index (χ1n) is 8.70. The molecule has 2 heterocycles. The highest BCUT2D eigenvalue weighted by Crippen LogP contribution is 2.24. The van der Waals surface area contributed by atoms with Crippen LogP contribution in [0.4, 0.5) is 0 Å². The van der Waals surface area contributed by atoms with Gasteiger partial charge in [-0.15, -0.1) is 11.3 Å². The molecular formula is C19H25N3OS. The summed E-state index contributed by atoms with van der Waals surface area (Å²) in [5, 5.41) is 9.53. The molecule has 24 heavy (non-hydrogen) atoms. The van der Waals surface area contributed by atoms with Gasteiger partial charge in [0.25, 0.3) is 0 Å². The predicted octanol–water partition coefficient (Wildman–Crippen LogP) is 3.17. The Morgan fingerprint density at radius 3 is 2.88 bits per heavy atom. The number of rotatable bonds is 5. The van der Waals surface area contributed by atoms with Gasteiger partial charge in [-0.3, -0.25) is 4.79 Å². The van der Waals surface area contributed by atoms with E-state index in [1.54, 1.807) is 11.3 Å². The minimum absolute atomic E-state index is 0.0762. The van der Waals surface area contributed by atoms with E-state index < -0.39 is 0 Å². The van der Waals surface area contributed by atoms with Crippen LogP contribution in [0, 0.1) is 0 Å². The Hall–Kier alpha value is -1.72. The van der Waals surface area contributed by atoms with Crippen molar-refractivity contribution in [3.8, 4) is 10.6 Å². The second-order valence-corrected chi connectivity index (χ2v) is 7.37. The first-order valence-corrected chi connectivity index (χ1v) is 9.58. The van der Waals surface area contributed by atoms with Crippen LogP contribution in [-0.4, -0.2) is 29.5 Å². The number of thiazole rings is 1. The molecule has 0 spiro atoms. The molecule has 5 heteroatoms. The fourth-order valence-corrected chi connectivity index (χ4v) is 3.94. The number of carbonyl (C=O) groups excluding carboxylic acids is 1. The fraction of sp³-hybridized carbons (Fsp3) is 0.474. The number of aryl methyl sites for hydroxylation is 1. The Bertz CT molecular complexity index is 680. The van der Waals surface area contributed by atoms with Gasteiger partial charge in [-0.2, -0.15) is 0 Å². The van der Waals surface area contributed by atoms with E-state index in [-0.39, 0.29) is 11.9 Å². The van der Waals surface area contributed by atoms with Crippen molar-refractivity contribution in [1.82, 2.24) is 15.6 Å². The Kier molecular flexibility index (Phi) is 5.63. The largest absolute Gasteiger partial charge is 0.353 e. The molecule has 1 amide bonds. The van der Waals surface area contributed by atoms with Crippen LogP contribution in [0.5, 0.6) is 0 Å². The van der Waals surface area contributed by atoms with Gasteiger partial charge in [-0.05, 0) is 38.3 Å². The van der Waals surface area contributed by atoms with Crippen LogP contribution in [0.25, 0.3) is 10.6 Å². The van der Waals surface area contributed by atoms with E-state index in [0.29, 0.717) is 12.5 Å². The smallest absolute Gasteiger partial charge is 0.226 e. The number of hydrogen-bond donors (Lipinski definition) is 2. The molecule has 1 aromatic heterocycles. The van der Waals surface area contributed by atoms with Crippen molar-refractivity contribution >= 4 is 17.2 Å². The highest BCUT2D eigenvalue weighted by Gasteiger charge is 2.20. The lowest BCUT2D eigenvalue weighted by molar-refractivity contribution is -0.121. The van der Waals surface area contributed by atoms with Gasteiger partial charge >= 0.3 is 0 Å². The Balaban J connectivity index is 1.57. The summed E-state index contributed by atoms with van der Waals surface area (Å²) in [6.45, 7) is 5.29. The van der Waals surface area contributed by atoms with Gasteiger partial charge in [0.05, 0.1) is 12.1 Å². The van der Waals surface area contributed by atoms with Gasteiger partial charge in [-0.1, -0.05) is 31.2 Å². The summed E-state index contributed by atoms with van der Waals surface area (Å²) in [5.74, 6) is 0.0762. The Labute approximate surface area is 147 Å². The standard InChI is InChI=1S/C19H25N3OS/c1-3-14-4-6-15(7-5-14)19-22-17(12-24-19)11-18(23)21-16-8-9-20-13(2)10-16/h4-7,12-13,16,20H,3,8-11H2,1-2H3,(H,21,23). The van der Waals surface area contributed by atoms with E-state index in [0.717, 1.165) is 42.1 Å². The average Bonchev–Trinajstić information content (AvgIpc) is 3.03. The van der Waals surface area contributed by atoms with Gasteiger partial charge in [0, 0.05) is 23.0 Å². The molecule has 2 aromatic rings. The molecule has 2 atom stereocenters. The van der Waals surface area contributed by atoms with Crippen LogP contribution in [0.15, 0.2) is 29.6 Å². The minimum Gasteiger partial charge on any atom is -0.353 e. The van der Waals surface area contributed by atoms with Crippen molar-refractivity contribution in [2.24, 2.45) is 0 Å². The van der Waals surface area contributed by atoms with Crippen LogP contribution < -0.4 is 10.6 Å². The second-order valence-electron chi connectivity index (χ2n) is 6.52. The van der Waals surface area contributed by atoms with E-state index in [1.165, 1.54) is 5.56 Å². The van der Waals surface area contributed by atoms with Crippen LogP contribution in [0.1, 0.15) is 37.9 Å². The topological polar surface area (TPSA) is 54.0 Å². The van der Waals surface area contributed by atoms with Gasteiger partial charge in [0.1, 0.15) is 5.01 Å². The zero-order valence-corrected chi connectivity index (χ0v) is 15.2. The second kappa shape index (κ2) is 7.90. The van der Waals surface area contributed by atoms with E-state index in [1.807, 2.05) is 5.38 Å². The SMILES string of the molecule is CCc1ccc(-c2nc(CC(=O)NC3CCNC(C)C3)cs2)cc1. The van der Waals surface area contributed by atoms with Gasteiger partial charge in [0.2, 0.25) is 5.91 Å². The quantitative estimate of drug-likeness (QED) is 0.877. The molecule has 0 bridgehead atoms. The number of nitrogens with zero attached hydrogens (tertiary/aromatic N) is 1. The lowest BCUT2D eigenvalue weighted by Crippen LogP contribution is -2.46. The zero-order valence-electron chi connectivity index (χ0n) is 14.3. The molecule has 1 aliphatic heterocycles. The van der Waals surface area contributed by atoms with Crippen LogP contribution >= 0.6 is 11.3 Å². The summed E-state index contributed by atoms with van der Waals surface area (Å²) in [5.41, 5.74) is 3.30. The van der Waals surface area contributed by atoms with Crippen molar-refractivity contribution < 1.29 is 4.79 Å². The van der Waals surface area contributed by atoms with Crippen molar-refractivity contribution in [1.29, 1.82) is 0 Å². The average molecular weight is 343 g/mol. The molecule has 1 aromatic carbocycles. The van der Waals surface area contributed by atoms with Crippen LogP contribution in [0.3, 0.4) is 0 Å². The first kappa shape index (κ1) is 17.1. The van der Waals surface area contributed by atoms with Crippen molar-refractivity contribution in [3.63, 3.8) is 0 Å². The number of hydrogen-bond acceptors (Lipinski definition) is 4. The van der Waals surface area contributed by atoms with Gasteiger partial charge in [0.15, 0.2) is 0 Å². The first-order chi connectivity index (χ1) is 11.6.